The van der Waals surface area contributed by atoms with E-state index in [9.17, 15) is 13.2 Å². The number of nitrogens with one attached hydrogen (secondary N) is 1. The van der Waals surface area contributed by atoms with Gasteiger partial charge in [0.05, 0.1) is 5.56 Å². The maximum absolute atomic E-state index is 12.9. The van der Waals surface area contributed by atoms with Crippen LogP contribution < -0.4 is 10.2 Å². The average Bonchev–Trinajstić information content (AvgIpc) is 2.53. The summed E-state index contributed by atoms with van der Waals surface area (Å²) in [5, 5.41) is 3.28. The summed E-state index contributed by atoms with van der Waals surface area (Å²) < 4.78 is 38.8. The minimum Gasteiger partial charge on any atom is -0.370 e. The van der Waals surface area contributed by atoms with Crippen LogP contribution in [-0.2, 0) is 6.18 Å². The van der Waals surface area contributed by atoms with E-state index in [0.717, 1.165) is 12.5 Å². The maximum Gasteiger partial charge on any atom is 0.418 e. The number of nitrogens with zero attached hydrogens (tertiary/aromatic N) is 1. The largest absolute Gasteiger partial charge is 0.418 e. The molecule has 2 nitrogen and oxygen atoms in total. The lowest BCUT2D eigenvalue weighted by atomic mass is 10.1. The van der Waals surface area contributed by atoms with Gasteiger partial charge in [-0.25, -0.2) is 0 Å². The van der Waals surface area contributed by atoms with Gasteiger partial charge in [-0.15, -0.1) is 0 Å². The number of hydrogen-bond donors (Lipinski definition) is 1. The smallest absolute Gasteiger partial charge is 0.370 e. The van der Waals surface area contributed by atoms with E-state index in [0.29, 0.717) is 31.4 Å². The van der Waals surface area contributed by atoms with E-state index in [1.165, 1.54) is 6.07 Å². The zero-order chi connectivity index (χ0) is 13.2. The summed E-state index contributed by atoms with van der Waals surface area (Å²) in [6.45, 7) is 4.03. The third kappa shape index (κ3) is 2.96. The number of rotatable bonds is 1. The lowest BCUT2D eigenvalue weighted by Gasteiger charge is -2.25. The summed E-state index contributed by atoms with van der Waals surface area (Å²) in [6.07, 6.45) is -3.44. The fraction of sp³-hybridized carbons (Fsp3) is 0.538. The molecule has 1 heterocycles. The first kappa shape index (κ1) is 13.2. The molecule has 0 aliphatic carbocycles. The van der Waals surface area contributed by atoms with Crippen LogP contribution in [0.4, 0.5) is 18.9 Å². The lowest BCUT2D eigenvalue weighted by Crippen LogP contribution is -2.30. The number of para-hydroxylation sites is 1. The third-order valence-corrected chi connectivity index (χ3v) is 3.26. The Hall–Kier alpha value is -1.23. The molecule has 0 amide bonds. The van der Waals surface area contributed by atoms with Crippen molar-refractivity contribution in [2.45, 2.75) is 25.6 Å². The minimum absolute atomic E-state index is 0.293. The molecule has 1 aliphatic heterocycles. The van der Waals surface area contributed by atoms with E-state index in [-0.39, 0.29) is 0 Å². The average molecular weight is 258 g/mol. The van der Waals surface area contributed by atoms with Gasteiger partial charge in [0.1, 0.15) is 0 Å². The van der Waals surface area contributed by atoms with Gasteiger partial charge in [0.2, 0.25) is 0 Å². The number of halogens is 3. The van der Waals surface area contributed by atoms with E-state index in [4.69, 9.17) is 0 Å². The molecule has 0 bridgehead atoms. The molecule has 1 aromatic rings. The summed E-state index contributed by atoms with van der Waals surface area (Å²) in [4.78, 5) is 1.82. The summed E-state index contributed by atoms with van der Waals surface area (Å²) in [7, 11) is 0. The molecule has 1 atom stereocenters. The molecule has 1 saturated heterocycles. The number of benzene rings is 1. The van der Waals surface area contributed by atoms with Crippen LogP contribution in [-0.4, -0.2) is 25.7 Å². The van der Waals surface area contributed by atoms with Crippen LogP contribution in [0.5, 0.6) is 0 Å². The highest BCUT2D eigenvalue weighted by Crippen LogP contribution is 2.36. The van der Waals surface area contributed by atoms with E-state index in [1.807, 2.05) is 4.90 Å². The van der Waals surface area contributed by atoms with Crippen LogP contribution in [0.3, 0.4) is 0 Å². The number of hydrogen-bond acceptors (Lipinski definition) is 2. The Kier molecular flexibility index (Phi) is 3.80. The van der Waals surface area contributed by atoms with Gasteiger partial charge in [-0.3, -0.25) is 0 Å². The first-order valence-corrected chi connectivity index (χ1v) is 6.13. The molecule has 1 aliphatic rings. The quantitative estimate of drug-likeness (QED) is 0.833. The Morgan fingerprint density at radius 2 is 1.94 bits per heavy atom. The Bertz CT molecular complexity index is 403. The molecule has 0 spiro atoms. The second kappa shape index (κ2) is 5.18. The van der Waals surface area contributed by atoms with Gasteiger partial charge < -0.3 is 10.2 Å². The van der Waals surface area contributed by atoms with Crippen molar-refractivity contribution in [3.8, 4) is 0 Å². The molecular formula is C13H17F3N2. The van der Waals surface area contributed by atoms with E-state index < -0.39 is 11.7 Å². The summed E-state index contributed by atoms with van der Waals surface area (Å²) in [5.74, 6) is 0. The SMILES string of the molecule is CC1CCN(c2ccccc2C(F)(F)F)CCN1. The van der Waals surface area contributed by atoms with Crippen molar-refractivity contribution < 1.29 is 13.2 Å². The van der Waals surface area contributed by atoms with Gasteiger partial charge >= 0.3 is 6.18 Å². The zero-order valence-corrected chi connectivity index (χ0v) is 10.3. The highest BCUT2D eigenvalue weighted by atomic mass is 19.4. The second-order valence-electron chi connectivity index (χ2n) is 4.65. The van der Waals surface area contributed by atoms with Crippen molar-refractivity contribution in [2.24, 2.45) is 0 Å². The summed E-state index contributed by atoms with van der Waals surface area (Å²) in [5.41, 5.74) is -0.250. The van der Waals surface area contributed by atoms with Crippen molar-refractivity contribution in [3.05, 3.63) is 29.8 Å². The summed E-state index contributed by atoms with van der Waals surface area (Å²) in [6, 6.07) is 6.15. The Labute approximate surface area is 105 Å². The second-order valence-corrected chi connectivity index (χ2v) is 4.65. The predicted molar refractivity (Wildman–Crippen MR) is 65.7 cm³/mol. The van der Waals surface area contributed by atoms with Gasteiger partial charge in [-0.05, 0) is 25.5 Å². The topological polar surface area (TPSA) is 15.3 Å². The van der Waals surface area contributed by atoms with Crippen LogP contribution in [0.1, 0.15) is 18.9 Å². The fourth-order valence-electron chi connectivity index (χ4n) is 2.24. The molecular weight excluding hydrogens is 241 g/mol. The number of anilines is 1. The molecule has 1 unspecified atom stereocenters. The van der Waals surface area contributed by atoms with Gasteiger partial charge in [-0.1, -0.05) is 12.1 Å². The molecule has 0 aromatic heterocycles. The first-order valence-electron chi connectivity index (χ1n) is 6.13. The predicted octanol–water partition coefficient (Wildman–Crippen LogP) is 2.89. The summed E-state index contributed by atoms with van der Waals surface area (Å²) >= 11 is 0. The Balaban J connectivity index is 2.27. The highest BCUT2D eigenvalue weighted by molar-refractivity contribution is 5.55. The van der Waals surface area contributed by atoms with E-state index in [2.05, 4.69) is 12.2 Å². The van der Waals surface area contributed by atoms with Crippen molar-refractivity contribution >= 4 is 5.69 Å². The third-order valence-electron chi connectivity index (χ3n) is 3.26. The van der Waals surface area contributed by atoms with Crippen LogP contribution in [0.15, 0.2) is 24.3 Å². The molecule has 5 heteroatoms. The molecule has 18 heavy (non-hydrogen) atoms. The van der Waals surface area contributed by atoms with E-state index in [1.54, 1.807) is 12.1 Å². The zero-order valence-electron chi connectivity index (χ0n) is 10.3. The molecule has 100 valence electrons. The van der Waals surface area contributed by atoms with Crippen LogP contribution in [0.2, 0.25) is 0 Å². The maximum atomic E-state index is 12.9. The van der Waals surface area contributed by atoms with Gasteiger partial charge in [-0.2, -0.15) is 13.2 Å². The van der Waals surface area contributed by atoms with Crippen molar-refractivity contribution in [1.29, 1.82) is 0 Å². The molecule has 0 radical (unpaired) electrons. The molecule has 1 fully saturated rings. The van der Waals surface area contributed by atoms with Crippen molar-refractivity contribution in [2.75, 3.05) is 24.5 Å². The Morgan fingerprint density at radius 1 is 1.22 bits per heavy atom. The molecule has 2 rings (SSSR count). The van der Waals surface area contributed by atoms with Gasteiger partial charge in [0.15, 0.2) is 0 Å². The van der Waals surface area contributed by atoms with Gasteiger partial charge in [0.25, 0.3) is 0 Å². The van der Waals surface area contributed by atoms with Crippen LogP contribution in [0, 0.1) is 0 Å². The monoisotopic (exact) mass is 258 g/mol. The number of alkyl halides is 3. The van der Waals surface area contributed by atoms with Crippen LogP contribution >= 0.6 is 0 Å². The standard InChI is InChI=1S/C13H17F3N2/c1-10-6-8-18(9-7-17-10)12-5-3-2-4-11(12)13(14,15)16/h2-5,10,17H,6-9H2,1H3. The minimum atomic E-state index is -4.29. The Morgan fingerprint density at radius 3 is 2.67 bits per heavy atom. The molecule has 1 N–H and O–H groups in total. The normalized spacial score (nSPS) is 21.8. The fourth-order valence-corrected chi connectivity index (χ4v) is 2.24. The first-order chi connectivity index (χ1) is 8.48. The van der Waals surface area contributed by atoms with Crippen molar-refractivity contribution in [1.82, 2.24) is 5.32 Å². The lowest BCUT2D eigenvalue weighted by molar-refractivity contribution is -0.137. The molecule has 0 saturated carbocycles. The van der Waals surface area contributed by atoms with E-state index >= 15 is 0 Å². The highest BCUT2D eigenvalue weighted by Gasteiger charge is 2.34. The van der Waals surface area contributed by atoms with Crippen molar-refractivity contribution in [3.63, 3.8) is 0 Å². The van der Waals surface area contributed by atoms with Gasteiger partial charge in [0, 0.05) is 31.4 Å². The van der Waals surface area contributed by atoms with Crippen LogP contribution in [0.25, 0.3) is 0 Å². The molecule has 1 aromatic carbocycles.